The Kier molecular flexibility index (Phi) is 5.01. The number of para-hydroxylation sites is 1. The van der Waals surface area contributed by atoms with Crippen LogP contribution in [0, 0.1) is 5.92 Å². The third-order valence-corrected chi connectivity index (χ3v) is 3.55. The van der Waals surface area contributed by atoms with Gasteiger partial charge in [-0.1, -0.05) is 32.0 Å². The van der Waals surface area contributed by atoms with Crippen molar-refractivity contribution in [3.63, 3.8) is 0 Å². The molecule has 2 unspecified atom stereocenters. The van der Waals surface area contributed by atoms with E-state index in [-0.39, 0.29) is 18.1 Å². The lowest BCUT2D eigenvalue weighted by Gasteiger charge is -2.30. The molecule has 0 radical (unpaired) electrons. The van der Waals surface area contributed by atoms with E-state index in [2.05, 4.69) is 25.2 Å². The van der Waals surface area contributed by atoms with Crippen molar-refractivity contribution in [2.75, 3.05) is 13.7 Å². The van der Waals surface area contributed by atoms with E-state index in [1.165, 1.54) is 7.11 Å². The SMILES string of the molecule is COC(=O)C(CC(C)C)NC1CCOc2ccccc21. The summed E-state index contributed by atoms with van der Waals surface area (Å²) in [5.41, 5.74) is 1.12. The number of rotatable bonds is 5. The van der Waals surface area contributed by atoms with Crippen LogP contribution in [0.2, 0.25) is 0 Å². The molecule has 1 aromatic rings. The molecule has 4 heteroatoms. The van der Waals surface area contributed by atoms with Crippen molar-refractivity contribution in [1.29, 1.82) is 0 Å². The molecule has 0 amide bonds. The normalized spacial score (nSPS) is 19.1. The van der Waals surface area contributed by atoms with Crippen LogP contribution in [-0.4, -0.2) is 25.7 Å². The van der Waals surface area contributed by atoms with Crippen molar-refractivity contribution in [2.45, 2.75) is 38.8 Å². The Hall–Kier alpha value is -1.55. The van der Waals surface area contributed by atoms with Crippen LogP contribution >= 0.6 is 0 Å². The highest BCUT2D eigenvalue weighted by Gasteiger charge is 2.27. The maximum Gasteiger partial charge on any atom is 0.322 e. The zero-order valence-electron chi connectivity index (χ0n) is 12.4. The van der Waals surface area contributed by atoms with Gasteiger partial charge in [0.2, 0.25) is 0 Å². The third-order valence-electron chi connectivity index (χ3n) is 3.55. The minimum atomic E-state index is -0.267. The van der Waals surface area contributed by atoms with Gasteiger partial charge >= 0.3 is 5.97 Å². The highest BCUT2D eigenvalue weighted by atomic mass is 16.5. The van der Waals surface area contributed by atoms with E-state index in [4.69, 9.17) is 9.47 Å². The Morgan fingerprint density at radius 1 is 1.45 bits per heavy atom. The van der Waals surface area contributed by atoms with E-state index in [9.17, 15) is 4.79 Å². The molecule has 1 aliphatic heterocycles. The van der Waals surface area contributed by atoms with E-state index in [1.54, 1.807) is 0 Å². The summed E-state index contributed by atoms with van der Waals surface area (Å²) in [6, 6.07) is 7.86. The summed E-state index contributed by atoms with van der Waals surface area (Å²) in [4.78, 5) is 11.9. The Morgan fingerprint density at radius 3 is 2.90 bits per heavy atom. The van der Waals surface area contributed by atoms with E-state index in [1.807, 2.05) is 18.2 Å². The quantitative estimate of drug-likeness (QED) is 0.841. The zero-order chi connectivity index (χ0) is 14.5. The molecular weight excluding hydrogens is 254 g/mol. The molecule has 0 aliphatic carbocycles. The highest BCUT2D eigenvalue weighted by molar-refractivity contribution is 5.75. The number of carbonyl (C=O) groups excluding carboxylic acids is 1. The van der Waals surface area contributed by atoms with Gasteiger partial charge < -0.3 is 9.47 Å². The highest BCUT2D eigenvalue weighted by Crippen LogP contribution is 2.32. The molecule has 2 atom stereocenters. The number of hydrogen-bond acceptors (Lipinski definition) is 4. The van der Waals surface area contributed by atoms with E-state index in [0.29, 0.717) is 12.5 Å². The average molecular weight is 277 g/mol. The number of fused-ring (bicyclic) bond motifs is 1. The van der Waals surface area contributed by atoms with Crippen LogP contribution in [0.3, 0.4) is 0 Å². The Bertz CT molecular complexity index is 459. The monoisotopic (exact) mass is 277 g/mol. The molecule has 4 nitrogen and oxygen atoms in total. The minimum absolute atomic E-state index is 0.141. The van der Waals surface area contributed by atoms with Crippen molar-refractivity contribution in [3.05, 3.63) is 29.8 Å². The van der Waals surface area contributed by atoms with Gasteiger partial charge in [0, 0.05) is 18.0 Å². The number of benzene rings is 1. The maximum atomic E-state index is 11.9. The van der Waals surface area contributed by atoms with E-state index in [0.717, 1.165) is 24.2 Å². The molecule has 110 valence electrons. The molecule has 1 aromatic carbocycles. The van der Waals surface area contributed by atoms with Gasteiger partial charge in [0.15, 0.2) is 0 Å². The van der Waals surface area contributed by atoms with Gasteiger partial charge in [0.25, 0.3) is 0 Å². The summed E-state index contributed by atoms with van der Waals surface area (Å²) < 4.78 is 10.6. The van der Waals surface area contributed by atoms with Crippen molar-refractivity contribution in [3.8, 4) is 5.75 Å². The van der Waals surface area contributed by atoms with Gasteiger partial charge in [-0.25, -0.2) is 0 Å². The smallest absolute Gasteiger partial charge is 0.322 e. The molecule has 1 aliphatic rings. The molecule has 0 fully saturated rings. The number of carbonyl (C=O) groups is 1. The number of hydrogen-bond donors (Lipinski definition) is 1. The van der Waals surface area contributed by atoms with Gasteiger partial charge in [-0.05, 0) is 18.4 Å². The fraction of sp³-hybridized carbons (Fsp3) is 0.562. The molecule has 1 heterocycles. The summed E-state index contributed by atoms with van der Waals surface area (Å²) in [5.74, 6) is 1.15. The molecule has 0 saturated heterocycles. The molecule has 0 spiro atoms. The van der Waals surface area contributed by atoms with Crippen LogP contribution in [0.1, 0.15) is 38.3 Å². The van der Waals surface area contributed by atoms with Gasteiger partial charge in [-0.3, -0.25) is 10.1 Å². The largest absolute Gasteiger partial charge is 0.493 e. The van der Waals surface area contributed by atoms with Gasteiger partial charge in [-0.15, -0.1) is 0 Å². The van der Waals surface area contributed by atoms with Gasteiger partial charge in [0.1, 0.15) is 11.8 Å². The average Bonchev–Trinajstić information content (AvgIpc) is 2.45. The second kappa shape index (κ2) is 6.75. The number of nitrogens with one attached hydrogen (secondary N) is 1. The number of ether oxygens (including phenoxy) is 2. The van der Waals surface area contributed by atoms with E-state index < -0.39 is 0 Å². The Balaban J connectivity index is 2.13. The van der Waals surface area contributed by atoms with Gasteiger partial charge in [-0.2, -0.15) is 0 Å². The predicted octanol–water partition coefficient (Wildman–Crippen LogP) is 2.69. The molecule has 20 heavy (non-hydrogen) atoms. The fourth-order valence-corrected chi connectivity index (χ4v) is 2.60. The summed E-state index contributed by atoms with van der Waals surface area (Å²) in [5, 5.41) is 3.44. The standard InChI is InChI=1S/C16H23NO3/c1-11(2)10-14(16(18)19-3)17-13-8-9-20-15-7-5-4-6-12(13)15/h4-7,11,13-14,17H,8-10H2,1-3H3. The Labute approximate surface area is 120 Å². The molecule has 0 aromatic heterocycles. The summed E-state index contributed by atoms with van der Waals surface area (Å²) in [7, 11) is 1.44. The lowest BCUT2D eigenvalue weighted by molar-refractivity contribution is -0.143. The summed E-state index contributed by atoms with van der Waals surface area (Å²) in [6.45, 7) is 4.88. The minimum Gasteiger partial charge on any atom is -0.493 e. The molecular formula is C16H23NO3. The topological polar surface area (TPSA) is 47.6 Å². The lowest BCUT2D eigenvalue weighted by Crippen LogP contribution is -2.42. The van der Waals surface area contributed by atoms with Crippen molar-refractivity contribution in [1.82, 2.24) is 5.32 Å². The Morgan fingerprint density at radius 2 is 2.20 bits per heavy atom. The van der Waals surface area contributed by atoms with Crippen LogP contribution in [0.15, 0.2) is 24.3 Å². The van der Waals surface area contributed by atoms with Crippen LogP contribution in [0.5, 0.6) is 5.75 Å². The van der Waals surface area contributed by atoms with Crippen molar-refractivity contribution < 1.29 is 14.3 Å². The fourth-order valence-electron chi connectivity index (χ4n) is 2.60. The van der Waals surface area contributed by atoms with Crippen molar-refractivity contribution in [2.24, 2.45) is 5.92 Å². The molecule has 0 bridgehead atoms. The molecule has 1 N–H and O–H groups in total. The predicted molar refractivity (Wildman–Crippen MR) is 77.7 cm³/mol. The third kappa shape index (κ3) is 3.51. The van der Waals surface area contributed by atoms with Crippen LogP contribution in [0.25, 0.3) is 0 Å². The van der Waals surface area contributed by atoms with Crippen LogP contribution in [0.4, 0.5) is 0 Å². The van der Waals surface area contributed by atoms with Crippen molar-refractivity contribution >= 4 is 5.97 Å². The summed E-state index contributed by atoms with van der Waals surface area (Å²) in [6.07, 6.45) is 1.63. The first-order valence-corrected chi connectivity index (χ1v) is 7.17. The first-order valence-electron chi connectivity index (χ1n) is 7.17. The number of methoxy groups -OCH3 is 1. The first kappa shape index (κ1) is 14.9. The number of esters is 1. The first-order chi connectivity index (χ1) is 9.61. The van der Waals surface area contributed by atoms with Crippen LogP contribution in [-0.2, 0) is 9.53 Å². The second-order valence-corrected chi connectivity index (χ2v) is 5.60. The van der Waals surface area contributed by atoms with Gasteiger partial charge in [0.05, 0.1) is 13.7 Å². The molecule has 2 rings (SSSR count). The van der Waals surface area contributed by atoms with Crippen LogP contribution < -0.4 is 10.1 Å². The lowest BCUT2D eigenvalue weighted by atomic mass is 9.97. The zero-order valence-corrected chi connectivity index (χ0v) is 12.4. The maximum absolute atomic E-state index is 11.9. The summed E-state index contributed by atoms with van der Waals surface area (Å²) >= 11 is 0. The van der Waals surface area contributed by atoms with E-state index >= 15 is 0 Å². The molecule has 0 saturated carbocycles. The second-order valence-electron chi connectivity index (χ2n) is 5.60.